The van der Waals surface area contributed by atoms with E-state index in [1.165, 1.54) is 12.8 Å². The summed E-state index contributed by atoms with van der Waals surface area (Å²) in [6.07, 6.45) is 3.86. The van der Waals surface area contributed by atoms with E-state index in [1.807, 2.05) is 27.7 Å². The van der Waals surface area contributed by atoms with Gasteiger partial charge in [-0.25, -0.2) is 0 Å². The second kappa shape index (κ2) is 8.64. The molecule has 1 aromatic rings. The standard InChI is InChI=1S/C16H28N4O2.ClH/c1-11(14-19-15(20-22-14)16(2,3)4)18-13(21)6-5-12-7-9-17-10-8-12;/h11-12,17H,5-10H2,1-4H3,(H,18,21);1H. The van der Waals surface area contributed by atoms with Gasteiger partial charge in [-0.1, -0.05) is 25.9 Å². The van der Waals surface area contributed by atoms with Crippen molar-refractivity contribution in [1.82, 2.24) is 20.8 Å². The van der Waals surface area contributed by atoms with Gasteiger partial charge in [-0.2, -0.15) is 4.98 Å². The molecule has 1 aromatic heterocycles. The number of carbonyl (C=O) groups excluding carboxylic acids is 1. The van der Waals surface area contributed by atoms with Crippen molar-refractivity contribution in [1.29, 1.82) is 0 Å². The molecule has 6 nitrogen and oxygen atoms in total. The molecule has 1 unspecified atom stereocenters. The number of nitrogens with one attached hydrogen (secondary N) is 2. The number of aromatic nitrogens is 2. The van der Waals surface area contributed by atoms with Gasteiger partial charge < -0.3 is 15.2 Å². The van der Waals surface area contributed by atoms with Crippen LogP contribution in [0, 0.1) is 5.92 Å². The second-order valence-corrected chi connectivity index (χ2v) is 7.23. The van der Waals surface area contributed by atoms with Crippen molar-refractivity contribution < 1.29 is 9.32 Å². The Balaban J connectivity index is 0.00000264. The summed E-state index contributed by atoms with van der Waals surface area (Å²) in [4.78, 5) is 16.4. The molecule has 0 aromatic carbocycles. The first-order valence-electron chi connectivity index (χ1n) is 8.20. The summed E-state index contributed by atoms with van der Waals surface area (Å²) in [5, 5.41) is 10.3. The van der Waals surface area contributed by atoms with Crippen LogP contribution in [0.2, 0.25) is 0 Å². The van der Waals surface area contributed by atoms with Crippen LogP contribution in [0.3, 0.4) is 0 Å². The maximum Gasteiger partial charge on any atom is 0.248 e. The largest absolute Gasteiger partial charge is 0.345 e. The number of rotatable bonds is 5. The highest BCUT2D eigenvalue weighted by Gasteiger charge is 2.24. The van der Waals surface area contributed by atoms with E-state index in [2.05, 4.69) is 20.8 Å². The monoisotopic (exact) mass is 344 g/mol. The Morgan fingerprint density at radius 3 is 2.61 bits per heavy atom. The van der Waals surface area contributed by atoms with Gasteiger partial charge in [-0.05, 0) is 45.2 Å². The predicted molar refractivity (Wildman–Crippen MR) is 91.6 cm³/mol. The lowest BCUT2D eigenvalue weighted by Crippen LogP contribution is -2.30. The van der Waals surface area contributed by atoms with E-state index in [9.17, 15) is 4.79 Å². The van der Waals surface area contributed by atoms with Crippen LogP contribution in [-0.4, -0.2) is 29.1 Å². The third-order valence-corrected chi connectivity index (χ3v) is 4.10. The van der Waals surface area contributed by atoms with Crippen LogP contribution in [-0.2, 0) is 10.2 Å². The minimum atomic E-state index is -0.246. The highest BCUT2D eigenvalue weighted by Crippen LogP contribution is 2.21. The van der Waals surface area contributed by atoms with Crippen LogP contribution in [0.5, 0.6) is 0 Å². The second-order valence-electron chi connectivity index (χ2n) is 7.23. The van der Waals surface area contributed by atoms with Crippen molar-refractivity contribution >= 4 is 18.3 Å². The average molecular weight is 345 g/mol. The van der Waals surface area contributed by atoms with E-state index >= 15 is 0 Å². The molecule has 1 aliphatic rings. The third kappa shape index (κ3) is 6.11. The Bertz CT molecular complexity index is 493. The quantitative estimate of drug-likeness (QED) is 0.858. The maximum absolute atomic E-state index is 12.1. The molecular formula is C16H29ClN4O2. The smallest absolute Gasteiger partial charge is 0.248 e. The molecular weight excluding hydrogens is 316 g/mol. The van der Waals surface area contributed by atoms with Crippen molar-refractivity contribution in [2.24, 2.45) is 5.92 Å². The average Bonchev–Trinajstić information content (AvgIpc) is 2.96. The zero-order chi connectivity index (χ0) is 16.2. The molecule has 23 heavy (non-hydrogen) atoms. The number of halogens is 1. The first kappa shape index (κ1) is 19.9. The van der Waals surface area contributed by atoms with Gasteiger partial charge in [0.1, 0.15) is 6.04 Å². The van der Waals surface area contributed by atoms with Crippen molar-refractivity contribution in [2.75, 3.05) is 13.1 Å². The summed E-state index contributed by atoms with van der Waals surface area (Å²) in [6, 6.07) is -0.246. The molecule has 2 N–H and O–H groups in total. The lowest BCUT2D eigenvalue weighted by molar-refractivity contribution is -0.122. The number of piperidine rings is 1. The molecule has 1 fully saturated rings. The van der Waals surface area contributed by atoms with Crippen molar-refractivity contribution in [3.05, 3.63) is 11.7 Å². The summed E-state index contributed by atoms with van der Waals surface area (Å²) in [6.45, 7) is 10.1. The molecule has 132 valence electrons. The minimum absolute atomic E-state index is 0. The van der Waals surface area contributed by atoms with Crippen LogP contribution >= 0.6 is 12.4 Å². The third-order valence-electron chi connectivity index (χ3n) is 4.10. The Kier molecular flexibility index (Phi) is 7.48. The Labute approximate surface area is 144 Å². The normalized spacial score (nSPS) is 17.4. The van der Waals surface area contributed by atoms with Gasteiger partial charge in [-0.15, -0.1) is 12.4 Å². The number of hydrogen-bond donors (Lipinski definition) is 2. The minimum Gasteiger partial charge on any atom is -0.345 e. The molecule has 1 saturated heterocycles. The van der Waals surface area contributed by atoms with E-state index in [4.69, 9.17) is 4.52 Å². The molecule has 2 heterocycles. The summed E-state index contributed by atoms with van der Waals surface area (Å²) in [5.74, 6) is 1.86. The van der Waals surface area contributed by atoms with Gasteiger partial charge in [0.25, 0.3) is 0 Å². The zero-order valence-electron chi connectivity index (χ0n) is 14.5. The topological polar surface area (TPSA) is 80.0 Å². The van der Waals surface area contributed by atoms with Crippen LogP contribution < -0.4 is 10.6 Å². The number of nitrogens with zero attached hydrogens (tertiary/aromatic N) is 2. The van der Waals surface area contributed by atoms with Crippen LogP contribution in [0.1, 0.15) is 71.1 Å². The molecule has 7 heteroatoms. The fraction of sp³-hybridized carbons (Fsp3) is 0.812. The maximum atomic E-state index is 12.1. The van der Waals surface area contributed by atoms with Crippen molar-refractivity contribution in [2.45, 2.75) is 64.8 Å². The van der Waals surface area contributed by atoms with Crippen molar-refractivity contribution in [3.63, 3.8) is 0 Å². The Morgan fingerprint density at radius 1 is 1.39 bits per heavy atom. The van der Waals surface area contributed by atoms with E-state index in [0.717, 1.165) is 19.5 Å². The van der Waals surface area contributed by atoms with Crippen LogP contribution in [0.25, 0.3) is 0 Å². The van der Waals surface area contributed by atoms with E-state index in [0.29, 0.717) is 24.1 Å². The van der Waals surface area contributed by atoms with Gasteiger partial charge in [0.15, 0.2) is 5.82 Å². The van der Waals surface area contributed by atoms with Gasteiger partial charge in [0.05, 0.1) is 0 Å². The van der Waals surface area contributed by atoms with Crippen molar-refractivity contribution in [3.8, 4) is 0 Å². The lowest BCUT2D eigenvalue weighted by atomic mass is 9.93. The SMILES string of the molecule is CC(NC(=O)CCC1CCNCC1)c1nc(C(C)(C)C)no1.Cl. The highest BCUT2D eigenvalue weighted by atomic mass is 35.5. The molecule has 1 aliphatic heterocycles. The van der Waals surface area contributed by atoms with Crippen LogP contribution in [0.4, 0.5) is 0 Å². The zero-order valence-corrected chi connectivity index (χ0v) is 15.3. The fourth-order valence-electron chi connectivity index (χ4n) is 2.60. The molecule has 0 bridgehead atoms. The first-order chi connectivity index (χ1) is 10.4. The molecule has 1 amide bonds. The van der Waals surface area contributed by atoms with Gasteiger partial charge in [0.2, 0.25) is 11.8 Å². The fourth-order valence-corrected chi connectivity index (χ4v) is 2.60. The van der Waals surface area contributed by atoms with Gasteiger partial charge in [-0.3, -0.25) is 4.79 Å². The first-order valence-corrected chi connectivity index (χ1v) is 8.20. The van der Waals surface area contributed by atoms with Gasteiger partial charge in [0, 0.05) is 11.8 Å². The molecule has 0 saturated carbocycles. The predicted octanol–water partition coefficient (Wildman–Crippen LogP) is 2.75. The summed E-state index contributed by atoms with van der Waals surface area (Å²) < 4.78 is 5.26. The molecule has 2 rings (SSSR count). The lowest BCUT2D eigenvalue weighted by Gasteiger charge is -2.22. The molecule has 1 atom stereocenters. The number of amides is 1. The highest BCUT2D eigenvalue weighted by molar-refractivity contribution is 5.85. The van der Waals surface area contributed by atoms with E-state index in [1.54, 1.807) is 0 Å². The summed E-state index contributed by atoms with van der Waals surface area (Å²) in [7, 11) is 0. The van der Waals surface area contributed by atoms with E-state index < -0.39 is 0 Å². The Morgan fingerprint density at radius 2 is 2.04 bits per heavy atom. The van der Waals surface area contributed by atoms with E-state index in [-0.39, 0.29) is 29.8 Å². The Hall–Kier alpha value is -1.14. The molecule has 0 spiro atoms. The van der Waals surface area contributed by atoms with Gasteiger partial charge >= 0.3 is 0 Å². The molecule has 0 aliphatic carbocycles. The molecule has 0 radical (unpaired) electrons. The summed E-state index contributed by atoms with van der Waals surface area (Å²) >= 11 is 0. The van der Waals surface area contributed by atoms with Crippen LogP contribution in [0.15, 0.2) is 4.52 Å². The number of carbonyl (C=O) groups is 1. The summed E-state index contributed by atoms with van der Waals surface area (Å²) in [5.41, 5.74) is -0.152. The number of hydrogen-bond acceptors (Lipinski definition) is 5.